The number of hydrogen-bond donors (Lipinski definition) is 2. The zero-order chi connectivity index (χ0) is 22.3. The smallest absolute Gasteiger partial charge is 0.335 e. The van der Waals surface area contributed by atoms with Gasteiger partial charge < -0.3 is 10.3 Å². The van der Waals surface area contributed by atoms with Gasteiger partial charge in [0.15, 0.2) is 0 Å². The average molecular weight is 416 g/mol. The van der Waals surface area contributed by atoms with Gasteiger partial charge in [0.05, 0.1) is 5.69 Å². The van der Waals surface area contributed by atoms with Crippen molar-refractivity contribution in [2.45, 2.75) is 20.4 Å². The third-order valence-corrected chi connectivity index (χ3v) is 5.36. The van der Waals surface area contributed by atoms with Crippen LogP contribution in [0.4, 0.5) is 10.5 Å². The zero-order valence-electron chi connectivity index (χ0n) is 17.0. The minimum atomic E-state index is -0.794. The number of urea groups is 1. The zero-order valence-corrected chi connectivity index (χ0v) is 17.0. The van der Waals surface area contributed by atoms with Gasteiger partial charge in [0, 0.05) is 22.7 Å². The number of nitrogens with two attached hydrogens (primary N) is 1. The Bertz CT molecular complexity index is 1300. The Morgan fingerprint density at radius 1 is 1.06 bits per heavy atom. The molecule has 3 N–H and O–H groups in total. The Morgan fingerprint density at radius 3 is 2.55 bits per heavy atom. The van der Waals surface area contributed by atoms with Crippen molar-refractivity contribution in [2.75, 3.05) is 4.90 Å². The summed E-state index contributed by atoms with van der Waals surface area (Å²) in [6, 6.07) is 11.7. The summed E-state index contributed by atoms with van der Waals surface area (Å²) in [7, 11) is 0. The molecule has 0 saturated carbocycles. The summed E-state index contributed by atoms with van der Waals surface area (Å²) in [5, 5.41) is 2.98. The van der Waals surface area contributed by atoms with E-state index in [1.807, 2.05) is 44.2 Å². The van der Waals surface area contributed by atoms with Crippen LogP contribution >= 0.6 is 0 Å². The van der Waals surface area contributed by atoms with Crippen LogP contribution in [0.3, 0.4) is 0 Å². The van der Waals surface area contributed by atoms with Gasteiger partial charge in [-0.15, -0.1) is 0 Å². The van der Waals surface area contributed by atoms with Gasteiger partial charge in [0.2, 0.25) is 5.91 Å². The van der Waals surface area contributed by atoms with E-state index in [2.05, 4.69) is 5.32 Å². The van der Waals surface area contributed by atoms with Crippen LogP contribution in [0, 0.1) is 13.8 Å². The Labute approximate surface area is 177 Å². The van der Waals surface area contributed by atoms with Crippen LogP contribution in [-0.4, -0.2) is 28.3 Å². The molecule has 5 amide bonds. The molecule has 0 atom stereocenters. The van der Waals surface area contributed by atoms with Gasteiger partial charge >= 0.3 is 6.03 Å². The maximum absolute atomic E-state index is 13.2. The number of aromatic nitrogens is 1. The number of nitrogens with zero attached hydrogens (tertiary/aromatic N) is 2. The van der Waals surface area contributed by atoms with E-state index in [9.17, 15) is 19.2 Å². The van der Waals surface area contributed by atoms with E-state index in [1.54, 1.807) is 22.9 Å². The summed E-state index contributed by atoms with van der Waals surface area (Å²) in [5.74, 6) is -2.00. The number of nitrogens with one attached hydrogen (secondary N) is 1. The second kappa shape index (κ2) is 7.56. The molecule has 0 spiro atoms. The predicted octanol–water partition coefficient (Wildman–Crippen LogP) is 2.41. The van der Waals surface area contributed by atoms with Crippen molar-refractivity contribution in [3.05, 3.63) is 70.9 Å². The number of hydrogen-bond acceptors (Lipinski definition) is 4. The van der Waals surface area contributed by atoms with Crippen LogP contribution in [0.2, 0.25) is 0 Å². The number of aryl methyl sites for hydroxylation is 1. The standard InChI is InChI=1S/C23H20N4O4/c1-13-6-5-9-18(14(13)2)27-22(30)17(21(29)25-23(27)31)10-15-11-26(12-20(24)28)19-8-4-3-7-16(15)19/h3-11H,12H2,1-2H3,(H2,24,28)(H,25,29,31)/b17-10+. The lowest BCUT2D eigenvalue weighted by atomic mass is 10.0. The SMILES string of the molecule is Cc1cccc(N2C(=O)NC(=O)/C(=C\c3cn(CC(N)=O)c4ccccc34)C2=O)c1C. The Kier molecular flexibility index (Phi) is 4.90. The van der Waals surface area contributed by atoms with Crippen LogP contribution < -0.4 is 16.0 Å². The molecule has 2 aromatic carbocycles. The van der Waals surface area contributed by atoms with Gasteiger partial charge in [0.1, 0.15) is 12.1 Å². The number of primary amides is 1. The van der Waals surface area contributed by atoms with E-state index in [-0.39, 0.29) is 12.1 Å². The molecule has 156 valence electrons. The highest BCUT2D eigenvalue weighted by Gasteiger charge is 2.37. The first-order valence-corrected chi connectivity index (χ1v) is 9.61. The third kappa shape index (κ3) is 3.48. The number of rotatable bonds is 4. The number of amides is 5. The summed E-state index contributed by atoms with van der Waals surface area (Å²) in [4.78, 5) is 50.7. The number of imide groups is 2. The quantitative estimate of drug-likeness (QED) is 0.502. The van der Waals surface area contributed by atoms with Crippen molar-refractivity contribution >= 4 is 46.4 Å². The van der Waals surface area contributed by atoms with Crippen LogP contribution in [0.1, 0.15) is 16.7 Å². The molecular formula is C23H20N4O4. The van der Waals surface area contributed by atoms with Crippen molar-refractivity contribution in [2.24, 2.45) is 5.73 Å². The fraction of sp³-hybridized carbons (Fsp3) is 0.130. The normalized spacial score (nSPS) is 15.6. The molecule has 0 bridgehead atoms. The molecule has 1 aliphatic rings. The first kappa shape index (κ1) is 20.1. The minimum Gasteiger partial charge on any atom is -0.368 e. The number of fused-ring (bicyclic) bond motifs is 1. The first-order chi connectivity index (χ1) is 14.8. The van der Waals surface area contributed by atoms with Gasteiger partial charge in [-0.3, -0.25) is 19.7 Å². The van der Waals surface area contributed by atoms with Gasteiger partial charge in [-0.2, -0.15) is 0 Å². The number of benzene rings is 2. The molecule has 4 rings (SSSR count). The van der Waals surface area contributed by atoms with Crippen LogP contribution in [-0.2, 0) is 20.9 Å². The van der Waals surface area contributed by atoms with Gasteiger partial charge in [-0.05, 0) is 43.2 Å². The number of carbonyl (C=O) groups excluding carboxylic acids is 4. The Hall–Kier alpha value is -4.20. The molecule has 31 heavy (non-hydrogen) atoms. The van der Waals surface area contributed by atoms with Gasteiger partial charge in [-0.1, -0.05) is 30.3 Å². The second-order valence-electron chi connectivity index (χ2n) is 7.37. The molecule has 1 fully saturated rings. The van der Waals surface area contributed by atoms with Crippen molar-refractivity contribution < 1.29 is 19.2 Å². The summed E-state index contributed by atoms with van der Waals surface area (Å²) in [5.41, 5.74) is 8.55. The Morgan fingerprint density at radius 2 is 1.81 bits per heavy atom. The summed E-state index contributed by atoms with van der Waals surface area (Å²) in [6.45, 7) is 3.64. The highest BCUT2D eigenvalue weighted by molar-refractivity contribution is 6.39. The van der Waals surface area contributed by atoms with Crippen LogP contribution in [0.25, 0.3) is 17.0 Å². The molecule has 1 aliphatic heterocycles. The van der Waals surface area contributed by atoms with E-state index < -0.39 is 23.8 Å². The lowest BCUT2D eigenvalue weighted by Gasteiger charge is -2.28. The highest BCUT2D eigenvalue weighted by atomic mass is 16.2. The molecule has 3 aromatic rings. The fourth-order valence-electron chi connectivity index (χ4n) is 3.70. The molecule has 8 nitrogen and oxygen atoms in total. The van der Waals surface area contributed by atoms with Crippen molar-refractivity contribution in [1.29, 1.82) is 0 Å². The number of anilines is 1. The van der Waals surface area contributed by atoms with E-state index in [0.717, 1.165) is 26.9 Å². The molecule has 2 heterocycles. The average Bonchev–Trinajstić information content (AvgIpc) is 3.05. The van der Waals surface area contributed by atoms with E-state index in [1.165, 1.54) is 6.08 Å². The molecule has 0 aliphatic carbocycles. The predicted molar refractivity (Wildman–Crippen MR) is 116 cm³/mol. The van der Waals surface area contributed by atoms with Gasteiger partial charge in [-0.25, -0.2) is 9.69 Å². The molecule has 8 heteroatoms. The van der Waals surface area contributed by atoms with Crippen molar-refractivity contribution in [3.63, 3.8) is 0 Å². The van der Waals surface area contributed by atoms with Crippen LogP contribution in [0.15, 0.2) is 54.2 Å². The monoisotopic (exact) mass is 416 g/mol. The molecule has 1 aromatic heterocycles. The third-order valence-electron chi connectivity index (χ3n) is 5.36. The first-order valence-electron chi connectivity index (χ1n) is 9.61. The lowest BCUT2D eigenvalue weighted by molar-refractivity contribution is -0.122. The molecule has 0 unspecified atom stereocenters. The number of barbiturate groups is 1. The topological polar surface area (TPSA) is 114 Å². The summed E-state index contributed by atoms with van der Waals surface area (Å²) in [6.07, 6.45) is 3.09. The van der Waals surface area contributed by atoms with Crippen LogP contribution in [0.5, 0.6) is 0 Å². The molecule has 0 radical (unpaired) electrons. The number of carbonyl (C=O) groups is 4. The maximum Gasteiger partial charge on any atom is 0.335 e. The lowest BCUT2D eigenvalue weighted by Crippen LogP contribution is -2.54. The minimum absolute atomic E-state index is 0.0447. The van der Waals surface area contributed by atoms with Gasteiger partial charge in [0.25, 0.3) is 11.8 Å². The van der Waals surface area contributed by atoms with E-state index in [4.69, 9.17) is 5.73 Å². The highest BCUT2D eigenvalue weighted by Crippen LogP contribution is 2.29. The second-order valence-corrected chi connectivity index (χ2v) is 7.37. The summed E-state index contributed by atoms with van der Waals surface area (Å²) < 4.78 is 1.66. The van der Waals surface area contributed by atoms with E-state index >= 15 is 0 Å². The number of para-hydroxylation sites is 1. The largest absolute Gasteiger partial charge is 0.368 e. The molecular weight excluding hydrogens is 396 g/mol. The van der Waals surface area contributed by atoms with Crippen molar-refractivity contribution in [3.8, 4) is 0 Å². The molecule has 1 saturated heterocycles. The summed E-state index contributed by atoms with van der Waals surface area (Å²) >= 11 is 0. The maximum atomic E-state index is 13.2. The van der Waals surface area contributed by atoms with Crippen molar-refractivity contribution in [1.82, 2.24) is 9.88 Å². The fourth-order valence-corrected chi connectivity index (χ4v) is 3.70. The van der Waals surface area contributed by atoms with E-state index in [0.29, 0.717) is 11.3 Å². The Balaban J connectivity index is 1.83.